The summed E-state index contributed by atoms with van der Waals surface area (Å²) in [7, 11) is 0. The van der Waals surface area contributed by atoms with Crippen molar-refractivity contribution < 1.29 is 14.7 Å². The summed E-state index contributed by atoms with van der Waals surface area (Å²) >= 11 is 0. The highest BCUT2D eigenvalue weighted by atomic mass is 16.4. The standard InChI is InChI=1S/C13H18N4O3/c1-2-13(12(19)20)3-7-17(8-4-13)11-9(10(14)18)15-5-6-16-11/h5-6H,2-4,7-8H2,1H3,(H2,14,18)(H,19,20). The van der Waals surface area contributed by atoms with Crippen molar-refractivity contribution in [2.45, 2.75) is 26.2 Å². The molecule has 1 aromatic heterocycles. The van der Waals surface area contributed by atoms with Gasteiger partial charge in [-0.15, -0.1) is 0 Å². The number of piperidine rings is 1. The van der Waals surface area contributed by atoms with E-state index in [2.05, 4.69) is 9.97 Å². The zero-order valence-electron chi connectivity index (χ0n) is 11.4. The molecule has 20 heavy (non-hydrogen) atoms. The lowest BCUT2D eigenvalue weighted by atomic mass is 9.76. The highest BCUT2D eigenvalue weighted by Crippen LogP contribution is 2.36. The molecule has 1 amide bonds. The number of anilines is 1. The number of aliphatic carboxylic acids is 1. The van der Waals surface area contributed by atoms with Crippen LogP contribution < -0.4 is 10.6 Å². The predicted molar refractivity (Wildman–Crippen MR) is 72.4 cm³/mol. The number of nitrogens with zero attached hydrogens (tertiary/aromatic N) is 3. The van der Waals surface area contributed by atoms with Crippen LogP contribution in [0.15, 0.2) is 12.4 Å². The molecule has 0 aromatic carbocycles. The third-order valence-corrected chi connectivity index (χ3v) is 4.06. The van der Waals surface area contributed by atoms with Crippen molar-refractivity contribution in [1.29, 1.82) is 0 Å². The van der Waals surface area contributed by atoms with E-state index in [0.29, 0.717) is 38.2 Å². The van der Waals surface area contributed by atoms with E-state index < -0.39 is 17.3 Å². The van der Waals surface area contributed by atoms with Crippen LogP contribution in [0.1, 0.15) is 36.7 Å². The van der Waals surface area contributed by atoms with Gasteiger partial charge in [0, 0.05) is 25.5 Å². The average molecular weight is 278 g/mol. The van der Waals surface area contributed by atoms with Gasteiger partial charge in [-0.3, -0.25) is 9.59 Å². The van der Waals surface area contributed by atoms with Gasteiger partial charge in [0.15, 0.2) is 11.5 Å². The molecule has 0 bridgehead atoms. The molecule has 1 fully saturated rings. The molecule has 1 aromatic rings. The van der Waals surface area contributed by atoms with Crippen molar-refractivity contribution in [2.24, 2.45) is 11.1 Å². The molecule has 0 saturated carbocycles. The number of hydrogen-bond donors (Lipinski definition) is 2. The quantitative estimate of drug-likeness (QED) is 0.837. The predicted octanol–water partition coefficient (Wildman–Crippen LogP) is 0.657. The number of rotatable bonds is 4. The molecule has 0 radical (unpaired) electrons. The van der Waals surface area contributed by atoms with Gasteiger partial charge in [0.2, 0.25) is 0 Å². The minimum absolute atomic E-state index is 0.131. The Kier molecular flexibility index (Phi) is 3.87. The van der Waals surface area contributed by atoms with Crippen molar-refractivity contribution in [3.8, 4) is 0 Å². The van der Waals surface area contributed by atoms with Crippen molar-refractivity contribution >= 4 is 17.7 Å². The van der Waals surface area contributed by atoms with Crippen LogP contribution in [-0.2, 0) is 4.79 Å². The Morgan fingerprint density at radius 2 is 1.95 bits per heavy atom. The van der Waals surface area contributed by atoms with E-state index in [1.165, 1.54) is 12.4 Å². The summed E-state index contributed by atoms with van der Waals surface area (Å²) in [5.74, 6) is -0.942. The van der Waals surface area contributed by atoms with Crippen LogP contribution in [0.2, 0.25) is 0 Å². The maximum absolute atomic E-state index is 11.4. The van der Waals surface area contributed by atoms with Crippen LogP contribution in [-0.4, -0.2) is 40.0 Å². The van der Waals surface area contributed by atoms with Gasteiger partial charge in [-0.05, 0) is 19.3 Å². The molecule has 0 aliphatic carbocycles. The molecule has 2 heterocycles. The van der Waals surface area contributed by atoms with Crippen LogP contribution in [0.5, 0.6) is 0 Å². The molecule has 3 N–H and O–H groups in total. The van der Waals surface area contributed by atoms with Crippen molar-refractivity contribution in [3.05, 3.63) is 18.1 Å². The Balaban J connectivity index is 2.19. The second kappa shape index (κ2) is 5.44. The average Bonchev–Trinajstić information content (AvgIpc) is 2.47. The topological polar surface area (TPSA) is 109 Å². The third-order valence-electron chi connectivity index (χ3n) is 4.06. The number of hydrogen-bond acceptors (Lipinski definition) is 5. The number of carboxylic acids is 1. The van der Waals surface area contributed by atoms with E-state index in [4.69, 9.17) is 5.73 Å². The molecule has 0 atom stereocenters. The molecule has 7 heteroatoms. The number of carbonyl (C=O) groups is 2. The zero-order chi connectivity index (χ0) is 14.8. The SMILES string of the molecule is CCC1(C(=O)O)CCN(c2nccnc2C(N)=O)CC1. The van der Waals surface area contributed by atoms with Crippen molar-refractivity contribution in [2.75, 3.05) is 18.0 Å². The minimum atomic E-state index is -0.756. The third kappa shape index (κ3) is 2.43. The molecular weight excluding hydrogens is 260 g/mol. The van der Waals surface area contributed by atoms with E-state index in [-0.39, 0.29) is 5.69 Å². The van der Waals surface area contributed by atoms with Gasteiger partial charge in [-0.2, -0.15) is 0 Å². The summed E-state index contributed by atoms with van der Waals surface area (Å²) < 4.78 is 0. The van der Waals surface area contributed by atoms with Gasteiger partial charge in [0.25, 0.3) is 5.91 Å². The second-order valence-corrected chi connectivity index (χ2v) is 5.02. The van der Waals surface area contributed by atoms with E-state index in [1.54, 1.807) is 0 Å². The molecule has 1 saturated heterocycles. The Bertz CT molecular complexity index is 524. The Labute approximate surface area is 116 Å². The van der Waals surface area contributed by atoms with E-state index >= 15 is 0 Å². The minimum Gasteiger partial charge on any atom is -0.481 e. The largest absolute Gasteiger partial charge is 0.481 e. The Morgan fingerprint density at radius 1 is 1.35 bits per heavy atom. The second-order valence-electron chi connectivity index (χ2n) is 5.02. The molecule has 1 aliphatic rings. The lowest BCUT2D eigenvalue weighted by Gasteiger charge is -2.39. The molecule has 2 rings (SSSR count). The normalized spacial score (nSPS) is 17.8. The number of carboxylic acid groups (broad SMARTS) is 1. The number of primary amides is 1. The molecule has 0 spiro atoms. The summed E-state index contributed by atoms with van der Waals surface area (Å²) in [5, 5.41) is 9.37. The fraction of sp³-hybridized carbons (Fsp3) is 0.538. The van der Waals surface area contributed by atoms with Gasteiger partial charge < -0.3 is 15.7 Å². The van der Waals surface area contributed by atoms with Crippen LogP contribution in [0.3, 0.4) is 0 Å². The number of aromatic nitrogens is 2. The summed E-state index contributed by atoms with van der Waals surface area (Å²) in [5.41, 5.74) is 4.74. The molecular formula is C13H18N4O3. The first-order valence-corrected chi connectivity index (χ1v) is 6.59. The Hall–Kier alpha value is -2.18. The van der Waals surface area contributed by atoms with E-state index in [1.807, 2.05) is 11.8 Å². The first-order chi connectivity index (χ1) is 9.50. The van der Waals surface area contributed by atoms with Gasteiger partial charge in [-0.25, -0.2) is 9.97 Å². The molecule has 1 aliphatic heterocycles. The van der Waals surface area contributed by atoms with E-state index in [0.717, 1.165) is 0 Å². The van der Waals surface area contributed by atoms with Crippen LogP contribution in [0.4, 0.5) is 5.82 Å². The van der Waals surface area contributed by atoms with Gasteiger partial charge in [-0.1, -0.05) is 6.92 Å². The smallest absolute Gasteiger partial charge is 0.309 e. The molecule has 7 nitrogen and oxygen atoms in total. The monoisotopic (exact) mass is 278 g/mol. The first-order valence-electron chi connectivity index (χ1n) is 6.59. The highest BCUT2D eigenvalue weighted by Gasteiger charge is 2.40. The molecule has 108 valence electrons. The lowest BCUT2D eigenvalue weighted by Crippen LogP contribution is -2.45. The van der Waals surface area contributed by atoms with Gasteiger partial charge in [0.1, 0.15) is 0 Å². The highest BCUT2D eigenvalue weighted by molar-refractivity contribution is 5.95. The van der Waals surface area contributed by atoms with E-state index in [9.17, 15) is 14.7 Å². The van der Waals surface area contributed by atoms with Crippen LogP contribution in [0, 0.1) is 5.41 Å². The number of nitrogens with two attached hydrogens (primary N) is 1. The van der Waals surface area contributed by atoms with Crippen LogP contribution >= 0.6 is 0 Å². The van der Waals surface area contributed by atoms with Gasteiger partial charge >= 0.3 is 5.97 Å². The Morgan fingerprint density at radius 3 is 2.45 bits per heavy atom. The first kappa shape index (κ1) is 14.2. The molecule has 0 unspecified atom stereocenters. The maximum Gasteiger partial charge on any atom is 0.309 e. The number of carbonyl (C=O) groups excluding carboxylic acids is 1. The lowest BCUT2D eigenvalue weighted by molar-refractivity contribution is -0.150. The summed E-state index contributed by atoms with van der Waals surface area (Å²) in [6.07, 6.45) is 4.56. The fourth-order valence-electron chi connectivity index (χ4n) is 2.60. The van der Waals surface area contributed by atoms with Crippen LogP contribution in [0.25, 0.3) is 0 Å². The fourth-order valence-corrected chi connectivity index (χ4v) is 2.60. The van der Waals surface area contributed by atoms with Crippen molar-refractivity contribution in [1.82, 2.24) is 9.97 Å². The maximum atomic E-state index is 11.4. The zero-order valence-corrected chi connectivity index (χ0v) is 11.4. The number of amides is 1. The summed E-state index contributed by atoms with van der Waals surface area (Å²) in [6.45, 7) is 2.94. The van der Waals surface area contributed by atoms with Gasteiger partial charge in [0.05, 0.1) is 5.41 Å². The summed E-state index contributed by atoms with van der Waals surface area (Å²) in [4.78, 5) is 32.7. The van der Waals surface area contributed by atoms with Crippen molar-refractivity contribution in [3.63, 3.8) is 0 Å². The summed E-state index contributed by atoms with van der Waals surface area (Å²) in [6, 6.07) is 0.